The first-order chi connectivity index (χ1) is 13.0. The molecule has 0 spiro atoms. The van der Waals surface area contributed by atoms with Crippen molar-refractivity contribution in [1.82, 2.24) is 0 Å². The van der Waals surface area contributed by atoms with E-state index in [4.69, 9.17) is 4.74 Å². The molecule has 0 aromatic rings. The third-order valence-electron chi connectivity index (χ3n) is 5.91. The van der Waals surface area contributed by atoms with Crippen molar-refractivity contribution in [1.29, 1.82) is 0 Å². The summed E-state index contributed by atoms with van der Waals surface area (Å²) in [5.74, 6) is 0.500. The Morgan fingerprint density at radius 1 is 1.22 bits per heavy atom. The number of aliphatic hydroxyl groups is 2. The van der Waals surface area contributed by atoms with Gasteiger partial charge in [-0.1, -0.05) is 57.6 Å². The average molecular weight is 383 g/mol. The lowest BCUT2D eigenvalue weighted by molar-refractivity contribution is -0.143. The van der Waals surface area contributed by atoms with Gasteiger partial charge in [-0.2, -0.15) is 0 Å². The fourth-order valence-electron chi connectivity index (χ4n) is 4.02. The molecule has 0 bridgehead atoms. The molecule has 1 saturated carbocycles. The Morgan fingerprint density at radius 2 is 1.96 bits per heavy atom. The van der Waals surface area contributed by atoms with Gasteiger partial charge in [0, 0.05) is 12.3 Å². The van der Waals surface area contributed by atoms with Crippen LogP contribution in [0.25, 0.3) is 0 Å². The maximum absolute atomic E-state index is 11.3. The van der Waals surface area contributed by atoms with Crippen LogP contribution in [0.5, 0.6) is 0 Å². The molecule has 2 unspecified atom stereocenters. The predicted octanol–water partition coefficient (Wildman–Crippen LogP) is 5.16. The highest BCUT2D eigenvalue weighted by Gasteiger charge is 2.29. The molecule has 1 aliphatic carbocycles. The molecule has 1 fully saturated rings. The van der Waals surface area contributed by atoms with Crippen molar-refractivity contribution in [2.75, 3.05) is 6.61 Å². The smallest absolute Gasteiger partial charge is 0.305 e. The van der Waals surface area contributed by atoms with Crippen molar-refractivity contribution in [3.63, 3.8) is 0 Å². The van der Waals surface area contributed by atoms with Crippen molar-refractivity contribution in [2.24, 2.45) is 11.8 Å². The quantitative estimate of drug-likeness (QED) is 0.247. The second-order valence-corrected chi connectivity index (χ2v) is 8.17. The summed E-state index contributed by atoms with van der Waals surface area (Å²) in [6.45, 7) is 6.61. The van der Waals surface area contributed by atoms with E-state index in [0.29, 0.717) is 25.4 Å². The van der Waals surface area contributed by atoms with Gasteiger partial charge in [0.2, 0.25) is 0 Å². The molecule has 1 aliphatic rings. The Kier molecular flexibility index (Phi) is 12.7. The third-order valence-corrected chi connectivity index (χ3v) is 5.91. The number of hydrogen-bond donors (Lipinski definition) is 2. The van der Waals surface area contributed by atoms with E-state index in [1.807, 2.05) is 6.92 Å². The number of carbonyl (C=O) groups is 1. The van der Waals surface area contributed by atoms with Crippen LogP contribution >= 0.6 is 0 Å². The number of rotatable bonds is 14. The van der Waals surface area contributed by atoms with Crippen LogP contribution in [0.3, 0.4) is 0 Å². The van der Waals surface area contributed by atoms with Crippen molar-refractivity contribution in [2.45, 2.75) is 110 Å². The minimum Gasteiger partial charge on any atom is -0.466 e. The minimum absolute atomic E-state index is 0.0966. The molecule has 4 atom stereocenters. The molecular formula is C23H42O4. The van der Waals surface area contributed by atoms with Gasteiger partial charge in [0.1, 0.15) is 0 Å². The standard InChI is InChI=1S/C23H42O4/c1-4-6-11-18(3)21(24)16-14-19-15-17-22(25)20(19)12-9-7-8-10-13-23(26)27-5-2/h14,18,20-22,24-25H,4-13,15-17H2,1-3H3/t18?,20-,21?,22+/m1/s1. The lowest BCUT2D eigenvalue weighted by Crippen LogP contribution is -2.18. The largest absolute Gasteiger partial charge is 0.466 e. The highest BCUT2D eigenvalue weighted by molar-refractivity contribution is 5.69. The number of unbranched alkanes of at least 4 members (excludes halogenated alkanes) is 4. The summed E-state index contributed by atoms with van der Waals surface area (Å²) in [6, 6.07) is 0. The molecule has 158 valence electrons. The molecule has 2 N–H and O–H groups in total. The number of aliphatic hydroxyl groups excluding tert-OH is 2. The summed E-state index contributed by atoms with van der Waals surface area (Å²) >= 11 is 0. The van der Waals surface area contributed by atoms with Crippen LogP contribution in [0.4, 0.5) is 0 Å². The van der Waals surface area contributed by atoms with E-state index in [0.717, 1.165) is 51.4 Å². The van der Waals surface area contributed by atoms with Crippen LogP contribution in [-0.2, 0) is 9.53 Å². The predicted molar refractivity (Wildman–Crippen MR) is 110 cm³/mol. The summed E-state index contributed by atoms with van der Waals surface area (Å²) in [4.78, 5) is 11.3. The van der Waals surface area contributed by atoms with Crippen LogP contribution in [0, 0.1) is 11.8 Å². The molecular weight excluding hydrogens is 340 g/mol. The molecule has 1 rings (SSSR count). The molecule has 4 heteroatoms. The first-order valence-corrected chi connectivity index (χ1v) is 11.2. The molecule has 27 heavy (non-hydrogen) atoms. The minimum atomic E-state index is -0.273. The van der Waals surface area contributed by atoms with Crippen molar-refractivity contribution in [3.8, 4) is 0 Å². The number of esters is 1. The van der Waals surface area contributed by atoms with Crippen molar-refractivity contribution >= 4 is 5.97 Å². The maximum Gasteiger partial charge on any atom is 0.305 e. The van der Waals surface area contributed by atoms with E-state index in [1.54, 1.807) is 0 Å². The molecule has 4 nitrogen and oxygen atoms in total. The van der Waals surface area contributed by atoms with Gasteiger partial charge in [-0.05, 0) is 51.4 Å². The third kappa shape index (κ3) is 9.75. The number of hydrogen-bond acceptors (Lipinski definition) is 4. The van der Waals surface area contributed by atoms with Gasteiger partial charge in [-0.3, -0.25) is 4.79 Å². The summed E-state index contributed by atoms with van der Waals surface area (Å²) in [6.07, 6.45) is 13.3. The first-order valence-electron chi connectivity index (χ1n) is 11.2. The van der Waals surface area contributed by atoms with Gasteiger partial charge in [-0.25, -0.2) is 0 Å². The summed E-state index contributed by atoms with van der Waals surface area (Å²) in [5.41, 5.74) is 1.34. The Balaban J connectivity index is 2.30. The summed E-state index contributed by atoms with van der Waals surface area (Å²) < 4.78 is 4.94. The zero-order valence-electron chi connectivity index (χ0n) is 17.8. The van der Waals surface area contributed by atoms with Crippen LogP contribution in [0.1, 0.15) is 97.8 Å². The van der Waals surface area contributed by atoms with E-state index in [9.17, 15) is 15.0 Å². The van der Waals surface area contributed by atoms with Gasteiger partial charge in [0.05, 0.1) is 18.8 Å². The van der Waals surface area contributed by atoms with Crippen molar-refractivity contribution in [3.05, 3.63) is 11.6 Å². The fraction of sp³-hybridized carbons (Fsp3) is 0.870. The van der Waals surface area contributed by atoms with Crippen LogP contribution in [0.15, 0.2) is 11.6 Å². The Morgan fingerprint density at radius 3 is 2.67 bits per heavy atom. The summed E-state index contributed by atoms with van der Waals surface area (Å²) in [7, 11) is 0. The first kappa shape index (κ1) is 24.2. The van der Waals surface area contributed by atoms with Gasteiger partial charge >= 0.3 is 5.97 Å². The average Bonchev–Trinajstić information content (AvgIpc) is 3.00. The molecule has 0 saturated heterocycles. The number of carbonyl (C=O) groups excluding carboxylic acids is 1. The Hall–Kier alpha value is -0.870. The van der Waals surface area contributed by atoms with E-state index in [1.165, 1.54) is 18.4 Å². The van der Waals surface area contributed by atoms with Gasteiger partial charge in [0.15, 0.2) is 0 Å². The molecule has 0 amide bonds. The van der Waals surface area contributed by atoms with Crippen LogP contribution in [0.2, 0.25) is 0 Å². The molecule has 0 aromatic heterocycles. The van der Waals surface area contributed by atoms with Gasteiger partial charge in [-0.15, -0.1) is 0 Å². The zero-order valence-corrected chi connectivity index (χ0v) is 17.8. The van der Waals surface area contributed by atoms with Crippen LogP contribution in [-0.4, -0.2) is 35.0 Å². The second-order valence-electron chi connectivity index (χ2n) is 8.17. The van der Waals surface area contributed by atoms with E-state index < -0.39 is 0 Å². The SMILES string of the molecule is CCCCC(C)C(O)CC=C1CC[C@H](O)[C@@H]1CCCCCCC(=O)OCC. The van der Waals surface area contributed by atoms with Crippen LogP contribution < -0.4 is 0 Å². The second kappa shape index (κ2) is 14.2. The van der Waals surface area contributed by atoms with Gasteiger partial charge in [0.25, 0.3) is 0 Å². The van der Waals surface area contributed by atoms with Gasteiger partial charge < -0.3 is 14.9 Å². The Labute approximate surface area is 166 Å². The monoisotopic (exact) mass is 382 g/mol. The van der Waals surface area contributed by atoms with E-state index in [2.05, 4.69) is 19.9 Å². The highest BCUT2D eigenvalue weighted by atomic mass is 16.5. The number of ether oxygens (including phenoxy) is 1. The maximum atomic E-state index is 11.3. The Bertz CT molecular complexity index is 432. The summed E-state index contributed by atoms with van der Waals surface area (Å²) in [5, 5.41) is 20.7. The topological polar surface area (TPSA) is 66.8 Å². The lowest BCUT2D eigenvalue weighted by atomic mass is 9.91. The normalized spacial score (nSPS) is 23.5. The van der Waals surface area contributed by atoms with Crippen molar-refractivity contribution < 1.29 is 19.7 Å². The van der Waals surface area contributed by atoms with E-state index in [-0.39, 0.29) is 24.1 Å². The van der Waals surface area contributed by atoms with E-state index >= 15 is 0 Å². The lowest BCUT2D eigenvalue weighted by Gasteiger charge is -2.19. The molecule has 0 aliphatic heterocycles. The molecule has 0 radical (unpaired) electrons. The molecule has 0 aromatic carbocycles. The highest BCUT2D eigenvalue weighted by Crippen LogP contribution is 2.36. The fourth-order valence-corrected chi connectivity index (χ4v) is 4.02. The zero-order chi connectivity index (χ0) is 20.1. The molecule has 0 heterocycles.